The SMILES string of the molecule is CNCC1(c2c(C=O)sc3cnc(Nc4ccc(N5CCNCC5)cn4)nc23)CCCCC1. The Morgan fingerprint density at radius 1 is 1.15 bits per heavy atom. The van der Waals surface area contributed by atoms with E-state index in [1.807, 2.05) is 25.5 Å². The summed E-state index contributed by atoms with van der Waals surface area (Å²) in [5, 5.41) is 10.0. The Bertz CT molecular complexity index is 1100. The van der Waals surface area contributed by atoms with Crippen LogP contribution in [0, 0.1) is 0 Å². The Morgan fingerprint density at radius 2 is 1.97 bits per heavy atom. The Hall–Kier alpha value is -2.62. The van der Waals surface area contributed by atoms with Crippen molar-refractivity contribution in [3.8, 4) is 0 Å². The van der Waals surface area contributed by atoms with E-state index in [1.165, 1.54) is 30.6 Å². The van der Waals surface area contributed by atoms with Gasteiger partial charge in [0.25, 0.3) is 0 Å². The van der Waals surface area contributed by atoms with E-state index in [4.69, 9.17) is 4.98 Å². The summed E-state index contributed by atoms with van der Waals surface area (Å²) in [6.45, 7) is 4.82. The van der Waals surface area contributed by atoms with Crippen molar-refractivity contribution in [3.63, 3.8) is 0 Å². The van der Waals surface area contributed by atoms with E-state index in [0.29, 0.717) is 11.8 Å². The van der Waals surface area contributed by atoms with Gasteiger partial charge < -0.3 is 20.9 Å². The molecule has 0 unspecified atom stereocenters. The molecule has 9 heteroatoms. The molecule has 3 aromatic heterocycles. The average Bonchev–Trinajstić information content (AvgIpc) is 3.24. The summed E-state index contributed by atoms with van der Waals surface area (Å²) in [4.78, 5) is 29.2. The lowest BCUT2D eigenvalue weighted by Gasteiger charge is -2.37. The van der Waals surface area contributed by atoms with Crippen molar-refractivity contribution >= 4 is 45.3 Å². The van der Waals surface area contributed by atoms with Crippen LogP contribution in [0.3, 0.4) is 0 Å². The maximum Gasteiger partial charge on any atom is 0.228 e. The zero-order valence-corrected chi connectivity index (χ0v) is 19.9. The number of hydrogen-bond donors (Lipinski definition) is 3. The van der Waals surface area contributed by atoms with E-state index in [1.54, 1.807) is 0 Å². The van der Waals surface area contributed by atoms with Crippen LogP contribution in [0.2, 0.25) is 0 Å². The highest BCUT2D eigenvalue weighted by Gasteiger charge is 2.38. The van der Waals surface area contributed by atoms with Gasteiger partial charge in [-0.1, -0.05) is 19.3 Å². The van der Waals surface area contributed by atoms with Crippen LogP contribution in [0.5, 0.6) is 0 Å². The molecule has 2 aliphatic rings. The first-order valence-electron chi connectivity index (χ1n) is 11.8. The van der Waals surface area contributed by atoms with Crippen LogP contribution in [0.15, 0.2) is 24.5 Å². The largest absolute Gasteiger partial charge is 0.368 e. The normalized spacial score (nSPS) is 18.4. The second kappa shape index (κ2) is 9.70. The van der Waals surface area contributed by atoms with E-state index in [9.17, 15) is 4.79 Å². The molecule has 0 atom stereocenters. The van der Waals surface area contributed by atoms with E-state index in [2.05, 4.69) is 36.9 Å². The summed E-state index contributed by atoms with van der Waals surface area (Å²) in [7, 11) is 1.99. The fourth-order valence-electron chi connectivity index (χ4n) is 5.33. The van der Waals surface area contributed by atoms with Crippen LogP contribution in [0.4, 0.5) is 17.5 Å². The van der Waals surface area contributed by atoms with Crippen molar-refractivity contribution in [1.29, 1.82) is 0 Å². The minimum Gasteiger partial charge on any atom is -0.368 e. The molecule has 174 valence electrons. The van der Waals surface area contributed by atoms with Gasteiger partial charge in [-0.2, -0.15) is 0 Å². The third-order valence-corrected chi connectivity index (χ3v) is 7.93. The van der Waals surface area contributed by atoms with Crippen LogP contribution in [-0.2, 0) is 5.41 Å². The number of nitrogens with zero attached hydrogens (tertiary/aromatic N) is 4. The van der Waals surface area contributed by atoms with Gasteiger partial charge in [0, 0.05) is 43.7 Å². The van der Waals surface area contributed by atoms with Gasteiger partial charge in [0.2, 0.25) is 5.95 Å². The predicted molar refractivity (Wildman–Crippen MR) is 134 cm³/mol. The van der Waals surface area contributed by atoms with Crippen LogP contribution in [0.25, 0.3) is 10.2 Å². The highest BCUT2D eigenvalue weighted by atomic mass is 32.1. The van der Waals surface area contributed by atoms with E-state index in [0.717, 1.165) is 78.2 Å². The van der Waals surface area contributed by atoms with Gasteiger partial charge in [0.05, 0.1) is 33.2 Å². The quantitative estimate of drug-likeness (QED) is 0.457. The van der Waals surface area contributed by atoms with Crippen molar-refractivity contribution in [2.24, 2.45) is 0 Å². The van der Waals surface area contributed by atoms with Gasteiger partial charge in [-0.15, -0.1) is 11.3 Å². The number of anilines is 3. The van der Waals surface area contributed by atoms with Gasteiger partial charge in [-0.25, -0.2) is 15.0 Å². The molecule has 0 bridgehead atoms. The predicted octanol–water partition coefficient (Wildman–Crippen LogP) is 3.47. The molecule has 1 aliphatic carbocycles. The number of pyridine rings is 1. The molecule has 1 aliphatic heterocycles. The Balaban J connectivity index is 1.45. The van der Waals surface area contributed by atoms with Gasteiger partial charge >= 0.3 is 0 Å². The molecule has 0 aromatic carbocycles. The number of nitrogens with one attached hydrogen (secondary N) is 3. The number of likely N-dealkylation sites (N-methyl/N-ethyl adjacent to an activating group) is 1. The maximum absolute atomic E-state index is 12.0. The Morgan fingerprint density at radius 3 is 2.67 bits per heavy atom. The molecular formula is C24H31N7OS. The van der Waals surface area contributed by atoms with Gasteiger partial charge in [-0.3, -0.25) is 4.79 Å². The smallest absolute Gasteiger partial charge is 0.228 e. The molecule has 2 fully saturated rings. The van der Waals surface area contributed by atoms with Gasteiger partial charge in [0.15, 0.2) is 6.29 Å². The molecule has 0 amide bonds. The first kappa shape index (κ1) is 22.2. The number of rotatable bonds is 7. The fraction of sp³-hybridized carbons (Fsp3) is 0.500. The standard InChI is InChI=1S/C24H31N7OS/c1-25-16-24(7-3-2-4-8-24)21-19(15-32)33-18-14-28-23(30-22(18)21)29-20-6-5-17(13-27-20)31-11-9-26-10-12-31/h5-6,13-15,25-26H,2-4,7-12,16H2,1H3,(H,27,28,29,30). The average molecular weight is 466 g/mol. The third kappa shape index (κ3) is 4.45. The lowest BCUT2D eigenvalue weighted by atomic mass is 9.69. The monoisotopic (exact) mass is 465 g/mol. The minimum absolute atomic E-state index is 0.0592. The third-order valence-electron chi connectivity index (χ3n) is 6.89. The minimum atomic E-state index is -0.0592. The van der Waals surface area contributed by atoms with Crippen molar-refractivity contribution in [1.82, 2.24) is 25.6 Å². The Kier molecular flexibility index (Phi) is 6.52. The van der Waals surface area contributed by atoms with Crippen LogP contribution >= 0.6 is 11.3 Å². The number of piperazine rings is 1. The summed E-state index contributed by atoms with van der Waals surface area (Å²) in [5.41, 5.74) is 3.06. The number of carbonyl (C=O) groups excluding carboxylic acids is 1. The number of carbonyl (C=O) groups is 1. The molecule has 0 radical (unpaired) electrons. The van der Waals surface area contributed by atoms with Crippen LogP contribution in [-0.4, -0.2) is 61.0 Å². The lowest BCUT2D eigenvalue weighted by Crippen LogP contribution is -2.43. The molecule has 1 saturated heterocycles. The zero-order chi connectivity index (χ0) is 22.7. The highest BCUT2D eigenvalue weighted by molar-refractivity contribution is 7.20. The molecule has 8 nitrogen and oxygen atoms in total. The number of thiophene rings is 1. The van der Waals surface area contributed by atoms with Crippen molar-refractivity contribution < 1.29 is 4.79 Å². The van der Waals surface area contributed by atoms with Crippen molar-refractivity contribution in [3.05, 3.63) is 35.0 Å². The number of hydrogen-bond acceptors (Lipinski definition) is 9. The summed E-state index contributed by atoms with van der Waals surface area (Å²) in [6.07, 6.45) is 10.5. The zero-order valence-electron chi connectivity index (χ0n) is 19.1. The lowest BCUT2D eigenvalue weighted by molar-refractivity contribution is 0.112. The summed E-state index contributed by atoms with van der Waals surface area (Å²) >= 11 is 1.50. The first-order valence-corrected chi connectivity index (χ1v) is 12.6. The molecule has 3 N–H and O–H groups in total. The number of aldehydes is 1. The molecule has 33 heavy (non-hydrogen) atoms. The van der Waals surface area contributed by atoms with Crippen LogP contribution < -0.4 is 20.9 Å². The van der Waals surface area contributed by atoms with Crippen molar-refractivity contribution in [2.75, 3.05) is 50.0 Å². The molecule has 1 saturated carbocycles. The van der Waals surface area contributed by atoms with Gasteiger partial charge in [-0.05, 0) is 32.0 Å². The molecule has 0 spiro atoms. The number of aromatic nitrogens is 3. The molecular weight excluding hydrogens is 434 g/mol. The molecule has 4 heterocycles. The topological polar surface area (TPSA) is 95.1 Å². The fourth-order valence-corrected chi connectivity index (χ4v) is 6.38. The van der Waals surface area contributed by atoms with E-state index in [-0.39, 0.29) is 5.41 Å². The summed E-state index contributed by atoms with van der Waals surface area (Å²) in [5.74, 6) is 1.22. The van der Waals surface area contributed by atoms with Crippen molar-refractivity contribution in [2.45, 2.75) is 37.5 Å². The number of fused-ring (bicyclic) bond motifs is 1. The van der Waals surface area contributed by atoms with E-state index < -0.39 is 0 Å². The van der Waals surface area contributed by atoms with Crippen LogP contribution in [0.1, 0.15) is 47.3 Å². The second-order valence-corrected chi connectivity index (χ2v) is 10.1. The summed E-state index contributed by atoms with van der Waals surface area (Å²) in [6, 6.07) is 4.06. The molecule has 5 rings (SSSR count). The maximum atomic E-state index is 12.0. The first-order chi connectivity index (χ1) is 16.2. The molecule has 3 aromatic rings. The highest BCUT2D eigenvalue weighted by Crippen LogP contribution is 2.45. The Labute approximate surface area is 198 Å². The van der Waals surface area contributed by atoms with Gasteiger partial charge in [0.1, 0.15) is 5.82 Å². The summed E-state index contributed by atoms with van der Waals surface area (Å²) < 4.78 is 0.959. The van der Waals surface area contributed by atoms with E-state index >= 15 is 0 Å². The second-order valence-electron chi connectivity index (χ2n) is 9.00.